The third-order valence-electron chi connectivity index (χ3n) is 8.67. The van der Waals surface area contributed by atoms with Crippen LogP contribution >= 0.6 is 0 Å². The average molecular weight is 602 g/mol. The monoisotopic (exact) mass is 601 g/mol. The molecule has 1 aliphatic heterocycles. The van der Waals surface area contributed by atoms with Gasteiger partial charge in [0.1, 0.15) is 12.2 Å². The molecule has 1 aromatic carbocycles. The summed E-state index contributed by atoms with van der Waals surface area (Å²) < 4.78 is 12.1. The molecule has 3 rings (SSSR count). The Kier molecular flexibility index (Phi) is 13.4. The molecule has 0 saturated carbocycles. The van der Waals surface area contributed by atoms with Crippen LogP contribution in [0.25, 0.3) is 0 Å². The van der Waals surface area contributed by atoms with E-state index in [0.717, 1.165) is 37.9 Å². The lowest BCUT2D eigenvalue weighted by Crippen LogP contribution is -2.46. The number of piperidine rings is 1. The number of likely N-dealkylation sites (N-methyl/N-ethyl adjacent to an activating group) is 1. The molecular formula is C32H51N5O6. The van der Waals surface area contributed by atoms with E-state index >= 15 is 0 Å². The minimum Gasteiger partial charge on any atom is -0.504 e. The number of ether oxygens (including phenoxy) is 2. The Balaban J connectivity index is 1.92. The molecule has 1 heterocycles. The molecule has 1 saturated heterocycles. The van der Waals surface area contributed by atoms with Gasteiger partial charge < -0.3 is 46.5 Å². The molecule has 0 bridgehead atoms. The number of benzene rings is 1. The number of guanidine groups is 1. The van der Waals surface area contributed by atoms with Gasteiger partial charge in [-0.1, -0.05) is 12.8 Å². The Hall–Kier alpha value is -3.04. The van der Waals surface area contributed by atoms with Gasteiger partial charge in [0.25, 0.3) is 0 Å². The summed E-state index contributed by atoms with van der Waals surface area (Å²) in [6.45, 7) is 5.31. The topological polar surface area (TPSA) is 171 Å². The lowest BCUT2D eigenvalue weighted by atomic mass is 9.77. The Morgan fingerprint density at radius 1 is 1.28 bits per heavy atom. The van der Waals surface area contributed by atoms with Crippen LogP contribution in [-0.4, -0.2) is 85.3 Å². The minimum absolute atomic E-state index is 0.0238. The molecule has 0 aromatic heterocycles. The van der Waals surface area contributed by atoms with Crippen molar-refractivity contribution in [2.24, 2.45) is 22.1 Å². The van der Waals surface area contributed by atoms with Crippen LogP contribution in [0.4, 0.5) is 0 Å². The number of carbonyl (C=O) groups excluding carboxylic acids is 1. The van der Waals surface area contributed by atoms with Crippen LogP contribution < -0.4 is 26.4 Å². The number of nitrogens with two attached hydrogens (primary N) is 1. The van der Waals surface area contributed by atoms with Gasteiger partial charge >= 0.3 is 5.97 Å². The molecule has 2 aliphatic rings. The summed E-state index contributed by atoms with van der Waals surface area (Å²) in [5, 5.41) is 41.9. The maximum Gasteiger partial charge on any atom is 0.302 e. The number of nitrogens with zero attached hydrogens (tertiary/aromatic N) is 1. The minimum atomic E-state index is -0.698. The highest BCUT2D eigenvalue weighted by atomic mass is 16.5. The van der Waals surface area contributed by atoms with Gasteiger partial charge in [-0.15, -0.1) is 5.92 Å². The number of carbonyl (C=O) groups is 1. The summed E-state index contributed by atoms with van der Waals surface area (Å²) in [5.41, 5.74) is 6.83. The number of aliphatic imine (C=N–C) groups is 1. The lowest BCUT2D eigenvalue weighted by Gasteiger charge is -2.33. The quantitative estimate of drug-likeness (QED) is 0.0855. The maximum absolute atomic E-state index is 12.1. The van der Waals surface area contributed by atoms with Crippen molar-refractivity contribution in [2.75, 3.05) is 33.7 Å². The second kappa shape index (κ2) is 16.7. The number of aliphatic hydroxyl groups is 2. The van der Waals surface area contributed by atoms with Crippen LogP contribution in [0, 0.1) is 23.2 Å². The summed E-state index contributed by atoms with van der Waals surface area (Å²) in [7, 11) is 3.54. The molecule has 1 fully saturated rings. The fraction of sp³-hybridized carbons (Fsp3) is 0.688. The van der Waals surface area contributed by atoms with E-state index in [0.29, 0.717) is 49.5 Å². The first-order valence-electron chi connectivity index (χ1n) is 15.4. The largest absolute Gasteiger partial charge is 0.504 e. The zero-order valence-electron chi connectivity index (χ0n) is 26.1. The number of hydrogen-bond acceptors (Lipinski definition) is 9. The summed E-state index contributed by atoms with van der Waals surface area (Å²) in [5.74, 6) is 6.82. The highest BCUT2D eigenvalue weighted by Crippen LogP contribution is 2.36. The van der Waals surface area contributed by atoms with Crippen molar-refractivity contribution in [1.29, 1.82) is 0 Å². The first kappa shape index (κ1) is 34.5. The van der Waals surface area contributed by atoms with E-state index in [4.69, 9.17) is 15.2 Å². The first-order valence-corrected chi connectivity index (χ1v) is 15.4. The van der Waals surface area contributed by atoms with E-state index in [1.165, 1.54) is 6.92 Å². The molecule has 1 aliphatic carbocycles. The van der Waals surface area contributed by atoms with Crippen LogP contribution in [0.5, 0.6) is 11.5 Å². The van der Waals surface area contributed by atoms with E-state index in [-0.39, 0.29) is 36.8 Å². The van der Waals surface area contributed by atoms with Crippen molar-refractivity contribution >= 4 is 11.9 Å². The molecule has 0 spiro atoms. The Morgan fingerprint density at radius 2 is 2.07 bits per heavy atom. The summed E-state index contributed by atoms with van der Waals surface area (Å²) in [6.07, 6.45) is 3.26. The van der Waals surface area contributed by atoms with Gasteiger partial charge in [-0.2, -0.15) is 0 Å². The molecule has 8 N–H and O–H groups in total. The van der Waals surface area contributed by atoms with E-state index in [2.05, 4.69) is 39.7 Å². The van der Waals surface area contributed by atoms with Gasteiger partial charge in [0.2, 0.25) is 0 Å². The van der Waals surface area contributed by atoms with Gasteiger partial charge in [0.05, 0.1) is 12.7 Å². The second-order valence-electron chi connectivity index (χ2n) is 11.9. The number of phenolic OH excluding ortho intramolecular Hbond substituents is 1. The molecule has 0 radical (unpaired) electrons. The lowest BCUT2D eigenvalue weighted by molar-refractivity contribution is -0.151. The molecule has 6 atom stereocenters. The zero-order chi connectivity index (χ0) is 31.4. The fourth-order valence-electron chi connectivity index (χ4n) is 6.03. The normalized spacial score (nSPS) is 28.3. The van der Waals surface area contributed by atoms with Crippen LogP contribution in [0.1, 0.15) is 69.9 Å². The van der Waals surface area contributed by atoms with E-state index in [1.807, 2.05) is 7.05 Å². The maximum atomic E-state index is 12.1. The van der Waals surface area contributed by atoms with Gasteiger partial charge in [0.15, 0.2) is 17.5 Å². The van der Waals surface area contributed by atoms with Crippen molar-refractivity contribution in [3.8, 4) is 23.3 Å². The van der Waals surface area contributed by atoms with Gasteiger partial charge in [-0.05, 0) is 69.0 Å². The number of esters is 1. The molecule has 240 valence electrons. The van der Waals surface area contributed by atoms with Crippen molar-refractivity contribution in [3.63, 3.8) is 0 Å². The number of nitrogens with one attached hydrogen (secondary N) is 3. The number of aromatic hydroxyl groups is 1. The van der Waals surface area contributed by atoms with Crippen LogP contribution in [0.3, 0.4) is 0 Å². The molecule has 0 amide bonds. The van der Waals surface area contributed by atoms with Gasteiger partial charge in [-0.25, -0.2) is 0 Å². The molecule has 1 aromatic rings. The van der Waals surface area contributed by atoms with Crippen LogP contribution in [-0.2, 0) is 22.6 Å². The second-order valence-corrected chi connectivity index (χ2v) is 11.9. The number of rotatable bonds is 11. The molecule has 11 nitrogen and oxygen atoms in total. The Bertz CT molecular complexity index is 1150. The fourth-order valence-corrected chi connectivity index (χ4v) is 6.03. The van der Waals surface area contributed by atoms with Crippen LogP contribution in [0.15, 0.2) is 17.1 Å². The summed E-state index contributed by atoms with van der Waals surface area (Å²) in [6, 6.07) is 3.61. The van der Waals surface area contributed by atoms with Crippen molar-refractivity contribution in [3.05, 3.63) is 23.3 Å². The predicted octanol–water partition coefficient (Wildman–Crippen LogP) is 1.56. The average Bonchev–Trinajstić information content (AvgIpc) is 2.98. The highest BCUT2D eigenvalue weighted by Gasteiger charge is 2.33. The van der Waals surface area contributed by atoms with E-state index in [9.17, 15) is 20.1 Å². The summed E-state index contributed by atoms with van der Waals surface area (Å²) >= 11 is 0. The summed E-state index contributed by atoms with van der Waals surface area (Å²) in [4.78, 5) is 16.1. The van der Waals surface area contributed by atoms with Gasteiger partial charge in [0, 0.05) is 63.7 Å². The molecule has 0 unspecified atom stereocenters. The van der Waals surface area contributed by atoms with E-state index < -0.39 is 23.6 Å². The number of phenols is 1. The number of aliphatic hydroxyl groups excluding tert-OH is 2. The third-order valence-corrected chi connectivity index (χ3v) is 8.67. The van der Waals surface area contributed by atoms with Crippen LogP contribution in [0.2, 0.25) is 0 Å². The van der Waals surface area contributed by atoms with Crippen molar-refractivity contribution in [2.45, 2.75) is 96.2 Å². The molecular weight excluding hydrogens is 550 g/mol. The van der Waals surface area contributed by atoms with Crippen molar-refractivity contribution < 1.29 is 29.6 Å². The SMILES string of the molecule is CC[C@@]1(CNC(N)=NC)C#CC[C@@H](Cc2cc(O[C@H]3CCN[C@H](CNC)C3)c(O)cc2CO)[C@@H](OC(C)=O)C[C@@H](O)CC1. The molecule has 43 heavy (non-hydrogen) atoms. The Labute approximate surface area is 256 Å². The highest BCUT2D eigenvalue weighted by molar-refractivity contribution is 5.77. The van der Waals surface area contributed by atoms with Gasteiger partial charge in [-0.3, -0.25) is 9.79 Å². The zero-order valence-corrected chi connectivity index (χ0v) is 26.1. The van der Waals surface area contributed by atoms with E-state index in [1.54, 1.807) is 19.2 Å². The predicted molar refractivity (Wildman–Crippen MR) is 167 cm³/mol. The third kappa shape index (κ3) is 10.3. The smallest absolute Gasteiger partial charge is 0.302 e. The molecule has 11 heteroatoms. The Morgan fingerprint density at radius 3 is 2.74 bits per heavy atom. The first-order chi connectivity index (χ1) is 20.6. The standard InChI is InChI=1S/C32H51N5O6/c1-5-32(20-37-31(33)35-4)10-6-7-22(29(42-21(2)39)17-26(40)8-11-32)13-23-15-30(28(41)14-24(23)19-38)43-27-9-12-36-25(16-27)18-34-3/h14-15,22,25-27,29,34,36,38,40-41H,5,7-9,11-13,16-20H2,1-4H3,(H3,33,35,37)/t22-,25-,26-,27-,29-,32+/m0/s1. The number of hydrogen-bond donors (Lipinski definition) is 7. The van der Waals surface area contributed by atoms with Crippen molar-refractivity contribution in [1.82, 2.24) is 16.0 Å².